The van der Waals surface area contributed by atoms with Crippen LogP contribution in [-0.4, -0.2) is 31.0 Å². The molecule has 1 aromatic rings. The van der Waals surface area contributed by atoms with Crippen LogP contribution in [0.15, 0.2) is 18.3 Å². The van der Waals surface area contributed by atoms with Crippen molar-refractivity contribution in [1.82, 2.24) is 4.98 Å². The second-order valence-electron chi connectivity index (χ2n) is 3.39. The monoisotopic (exact) mass is 237 g/mol. The number of carbonyl (C=O) groups excluding carboxylic acids is 2. The van der Waals surface area contributed by atoms with Gasteiger partial charge in [0.2, 0.25) is 0 Å². The van der Waals surface area contributed by atoms with Crippen molar-refractivity contribution in [3.8, 4) is 5.75 Å². The van der Waals surface area contributed by atoms with Crippen LogP contribution in [0.2, 0.25) is 0 Å². The van der Waals surface area contributed by atoms with Gasteiger partial charge in [0.25, 0.3) is 0 Å². The maximum absolute atomic E-state index is 11.4. The number of pyridine rings is 1. The van der Waals surface area contributed by atoms with Gasteiger partial charge >= 0.3 is 5.97 Å². The summed E-state index contributed by atoms with van der Waals surface area (Å²) in [5.41, 5.74) is 0.620. The van der Waals surface area contributed by atoms with Gasteiger partial charge in [-0.3, -0.25) is 9.78 Å². The highest BCUT2D eigenvalue weighted by molar-refractivity contribution is 5.87. The molecule has 0 bridgehead atoms. The molecule has 0 aliphatic rings. The molecule has 1 aromatic heterocycles. The maximum Gasteiger partial charge on any atom is 0.316 e. The lowest BCUT2D eigenvalue weighted by Gasteiger charge is -2.09. The summed E-state index contributed by atoms with van der Waals surface area (Å²) in [6.07, 6.45) is 2.37. The highest BCUT2D eigenvalue weighted by Gasteiger charge is 2.20. The molecule has 0 amide bonds. The summed E-state index contributed by atoms with van der Waals surface area (Å²) in [4.78, 5) is 26.3. The van der Waals surface area contributed by atoms with Gasteiger partial charge in [0.1, 0.15) is 18.0 Å². The largest absolute Gasteiger partial charge is 0.497 e. The predicted octanol–water partition coefficient (Wildman–Crippen LogP) is 1.01. The van der Waals surface area contributed by atoms with Gasteiger partial charge in [-0.15, -0.1) is 0 Å². The molecule has 17 heavy (non-hydrogen) atoms. The quantitative estimate of drug-likeness (QED) is 0.419. The van der Waals surface area contributed by atoms with Crippen molar-refractivity contribution in [1.29, 1.82) is 0 Å². The molecule has 1 heterocycles. The molecule has 0 saturated heterocycles. The lowest BCUT2D eigenvalue weighted by molar-refractivity contribution is -0.149. The Hall–Kier alpha value is -1.91. The lowest BCUT2D eigenvalue weighted by atomic mass is 10.0. The number of aldehydes is 1. The molecule has 0 aliphatic carbocycles. The minimum Gasteiger partial charge on any atom is -0.497 e. The van der Waals surface area contributed by atoms with Crippen molar-refractivity contribution in [3.63, 3.8) is 0 Å². The number of methoxy groups -OCH3 is 1. The molecule has 1 atom stereocenters. The number of hydrogen-bond donors (Lipinski definition) is 0. The number of carbonyl (C=O) groups is 2. The first-order chi connectivity index (χ1) is 8.21. The van der Waals surface area contributed by atoms with Gasteiger partial charge in [0.05, 0.1) is 13.7 Å². The molecular weight excluding hydrogens is 222 g/mol. The molecule has 0 saturated carbocycles. The average Bonchev–Trinajstić information content (AvgIpc) is 2.36. The Bertz CT molecular complexity index is 392. The summed E-state index contributed by atoms with van der Waals surface area (Å²) in [5.74, 6) is -0.690. The van der Waals surface area contributed by atoms with E-state index in [0.29, 0.717) is 17.7 Å². The summed E-state index contributed by atoms with van der Waals surface area (Å²) < 4.78 is 9.83. The Morgan fingerprint density at radius 1 is 1.59 bits per heavy atom. The van der Waals surface area contributed by atoms with E-state index >= 15 is 0 Å². The van der Waals surface area contributed by atoms with Gasteiger partial charge in [0, 0.05) is 24.4 Å². The van der Waals surface area contributed by atoms with Gasteiger partial charge < -0.3 is 14.3 Å². The lowest BCUT2D eigenvalue weighted by Crippen LogP contribution is -2.21. The molecule has 0 aromatic carbocycles. The van der Waals surface area contributed by atoms with Crippen molar-refractivity contribution in [2.45, 2.75) is 13.3 Å². The molecule has 0 aliphatic heterocycles. The molecule has 5 heteroatoms. The smallest absolute Gasteiger partial charge is 0.316 e. The van der Waals surface area contributed by atoms with Crippen LogP contribution in [0.3, 0.4) is 0 Å². The van der Waals surface area contributed by atoms with E-state index in [2.05, 4.69) is 4.98 Å². The molecular formula is C12H15NO4. The van der Waals surface area contributed by atoms with Crippen molar-refractivity contribution in [2.24, 2.45) is 5.92 Å². The van der Waals surface area contributed by atoms with Crippen LogP contribution in [0.4, 0.5) is 0 Å². The van der Waals surface area contributed by atoms with E-state index in [1.807, 2.05) is 0 Å². The summed E-state index contributed by atoms with van der Waals surface area (Å²) in [6.45, 7) is 1.96. The van der Waals surface area contributed by atoms with Crippen molar-refractivity contribution in [3.05, 3.63) is 24.0 Å². The topological polar surface area (TPSA) is 65.5 Å². The van der Waals surface area contributed by atoms with E-state index in [-0.39, 0.29) is 13.0 Å². The van der Waals surface area contributed by atoms with Gasteiger partial charge in [-0.2, -0.15) is 0 Å². The molecule has 5 nitrogen and oxygen atoms in total. The van der Waals surface area contributed by atoms with Gasteiger partial charge in [-0.25, -0.2) is 0 Å². The highest BCUT2D eigenvalue weighted by atomic mass is 16.5. The Kier molecular flexibility index (Phi) is 5.13. The Labute approximate surface area is 99.8 Å². The highest BCUT2D eigenvalue weighted by Crippen LogP contribution is 2.13. The fourth-order valence-corrected chi connectivity index (χ4v) is 1.36. The molecule has 0 spiro atoms. The fourth-order valence-electron chi connectivity index (χ4n) is 1.36. The van der Waals surface area contributed by atoms with Crippen molar-refractivity contribution >= 4 is 12.3 Å². The number of nitrogens with zero attached hydrogens (tertiary/aromatic N) is 1. The Morgan fingerprint density at radius 3 is 2.94 bits per heavy atom. The second kappa shape index (κ2) is 6.62. The molecule has 0 radical (unpaired) electrons. The van der Waals surface area contributed by atoms with Crippen LogP contribution in [0.1, 0.15) is 12.6 Å². The molecule has 0 N–H and O–H groups in total. The van der Waals surface area contributed by atoms with Crippen LogP contribution >= 0.6 is 0 Å². The Morgan fingerprint density at radius 2 is 2.35 bits per heavy atom. The van der Waals surface area contributed by atoms with Crippen LogP contribution in [0, 0.1) is 5.92 Å². The van der Waals surface area contributed by atoms with Crippen LogP contribution in [0.5, 0.6) is 5.75 Å². The van der Waals surface area contributed by atoms with E-state index in [0.717, 1.165) is 0 Å². The van der Waals surface area contributed by atoms with Gasteiger partial charge in [-0.1, -0.05) is 0 Å². The molecule has 0 fully saturated rings. The van der Waals surface area contributed by atoms with Crippen LogP contribution < -0.4 is 4.74 Å². The van der Waals surface area contributed by atoms with E-state index in [9.17, 15) is 9.59 Å². The second-order valence-corrected chi connectivity index (χ2v) is 3.39. The van der Waals surface area contributed by atoms with E-state index in [1.165, 1.54) is 0 Å². The molecule has 92 valence electrons. The van der Waals surface area contributed by atoms with Crippen LogP contribution in [-0.2, 0) is 20.7 Å². The van der Waals surface area contributed by atoms with E-state index < -0.39 is 11.9 Å². The first-order valence-electron chi connectivity index (χ1n) is 5.32. The standard InChI is InChI=1S/C12H15NO4/c1-3-17-12(15)9(8-14)6-10-7-11(16-2)4-5-13-10/h4-5,7-9H,3,6H2,1-2H3. The fraction of sp³-hybridized carbons (Fsp3) is 0.417. The number of esters is 1. The van der Waals surface area contributed by atoms with Crippen molar-refractivity contribution in [2.75, 3.05) is 13.7 Å². The first-order valence-corrected chi connectivity index (χ1v) is 5.32. The maximum atomic E-state index is 11.4. The van der Waals surface area contributed by atoms with Crippen molar-refractivity contribution < 1.29 is 19.1 Å². The first kappa shape index (κ1) is 13.2. The summed E-state index contributed by atoms with van der Waals surface area (Å²) in [5, 5.41) is 0. The minimum absolute atomic E-state index is 0.222. The molecule has 1 unspecified atom stereocenters. The SMILES string of the molecule is CCOC(=O)C(C=O)Cc1cc(OC)ccn1. The van der Waals surface area contributed by atoms with E-state index in [4.69, 9.17) is 9.47 Å². The summed E-state index contributed by atoms with van der Waals surface area (Å²) >= 11 is 0. The number of ether oxygens (including phenoxy) is 2. The van der Waals surface area contributed by atoms with Gasteiger partial charge in [0.15, 0.2) is 0 Å². The van der Waals surface area contributed by atoms with E-state index in [1.54, 1.807) is 32.4 Å². The number of rotatable bonds is 6. The third kappa shape index (κ3) is 3.86. The predicted molar refractivity (Wildman–Crippen MR) is 60.7 cm³/mol. The Balaban J connectivity index is 2.73. The minimum atomic E-state index is -0.811. The number of hydrogen-bond acceptors (Lipinski definition) is 5. The zero-order valence-corrected chi connectivity index (χ0v) is 9.88. The zero-order valence-electron chi connectivity index (χ0n) is 9.88. The third-order valence-electron chi connectivity index (χ3n) is 2.21. The van der Waals surface area contributed by atoms with Gasteiger partial charge in [-0.05, 0) is 13.0 Å². The summed E-state index contributed by atoms with van der Waals surface area (Å²) in [6, 6.07) is 3.39. The molecule has 1 rings (SSSR count). The summed E-state index contributed by atoms with van der Waals surface area (Å²) in [7, 11) is 1.54. The average molecular weight is 237 g/mol. The normalized spacial score (nSPS) is 11.6. The zero-order chi connectivity index (χ0) is 12.7. The van der Waals surface area contributed by atoms with Crippen LogP contribution in [0.25, 0.3) is 0 Å². The number of aromatic nitrogens is 1. The third-order valence-corrected chi connectivity index (χ3v) is 2.21.